The van der Waals surface area contributed by atoms with Crippen LogP contribution in [0.1, 0.15) is 41.5 Å². The van der Waals surface area contributed by atoms with Crippen molar-refractivity contribution in [2.45, 2.75) is 42.1 Å². The fourth-order valence-corrected chi connectivity index (χ4v) is 6.44. The summed E-state index contributed by atoms with van der Waals surface area (Å²) in [5.41, 5.74) is 13.3. The first kappa shape index (κ1) is 35.1. The standard InChI is InChI=1S/C33H38N6O6S2/c34-32(35)26-10-14-30(15-11-26)46(40,41)38-22-24-6-4-8-28(20-24)44-18-2-1-3-19-45-29-9-5-7-25(21-29)23-39-47(42,43)31-16-12-27(13-17-31)33(36)37/h4-17,20-21,38-39H,1-3,18-19,22-23H2,(H3,34,35)(H3,36,37). The number of hydrogen-bond donors (Lipinski definition) is 6. The molecule has 47 heavy (non-hydrogen) atoms. The second-order valence-electron chi connectivity index (χ2n) is 10.6. The number of unbranched alkanes of at least 4 members (excludes halogenated alkanes) is 2. The number of nitrogen functional groups attached to an aromatic ring is 2. The zero-order valence-corrected chi connectivity index (χ0v) is 27.2. The predicted octanol–water partition coefficient (Wildman–Crippen LogP) is 3.84. The van der Waals surface area contributed by atoms with Gasteiger partial charge in [-0.3, -0.25) is 10.8 Å². The average molecular weight is 679 g/mol. The summed E-state index contributed by atoms with van der Waals surface area (Å²) in [4.78, 5) is 0.175. The van der Waals surface area contributed by atoms with Crippen molar-refractivity contribution in [2.24, 2.45) is 11.5 Å². The second-order valence-corrected chi connectivity index (χ2v) is 14.1. The molecule has 0 bridgehead atoms. The Hall–Kier alpha value is -4.76. The van der Waals surface area contributed by atoms with E-state index in [0.29, 0.717) is 35.8 Å². The zero-order chi connectivity index (χ0) is 33.9. The topological polar surface area (TPSA) is 211 Å². The fraction of sp³-hybridized carbons (Fsp3) is 0.212. The van der Waals surface area contributed by atoms with Gasteiger partial charge in [0.15, 0.2) is 0 Å². The molecule has 12 nitrogen and oxygen atoms in total. The van der Waals surface area contributed by atoms with Gasteiger partial charge in [0.2, 0.25) is 20.0 Å². The quantitative estimate of drug-likeness (QED) is 0.0516. The molecule has 0 spiro atoms. The Morgan fingerprint density at radius 1 is 0.574 bits per heavy atom. The lowest BCUT2D eigenvalue weighted by molar-refractivity contribution is 0.279. The molecule has 0 aliphatic heterocycles. The van der Waals surface area contributed by atoms with Gasteiger partial charge < -0.3 is 20.9 Å². The van der Waals surface area contributed by atoms with Gasteiger partial charge in [0.1, 0.15) is 23.2 Å². The first-order valence-electron chi connectivity index (χ1n) is 14.7. The average Bonchev–Trinajstić information content (AvgIpc) is 3.06. The van der Waals surface area contributed by atoms with Crippen LogP contribution in [0.5, 0.6) is 11.5 Å². The minimum Gasteiger partial charge on any atom is -0.494 e. The van der Waals surface area contributed by atoms with Crippen molar-refractivity contribution in [2.75, 3.05) is 13.2 Å². The summed E-state index contributed by atoms with van der Waals surface area (Å²) in [6.45, 7) is 1.17. The summed E-state index contributed by atoms with van der Waals surface area (Å²) >= 11 is 0. The molecule has 0 saturated carbocycles. The van der Waals surface area contributed by atoms with Gasteiger partial charge in [0.25, 0.3) is 0 Å². The minimum atomic E-state index is -3.74. The first-order chi connectivity index (χ1) is 22.4. The lowest BCUT2D eigenvalue weighted by Crippen LogP contribution is -2.23. The molecule has 0 fully saturated rings. The van der Waals surface area contributed by atoms with E-state index in [0.717, 1.165) is 30.4 Å². The summed E-state index contributed by atoms with van der Waals surface area (Å²) in [6, 6.07) is 26.1. The Morgan fingerprint density at radius 3 is 1.32 bits per heavy atom. The van der Waals surface area contributed by atoms with Gasteiger partial charge in [-0.25, -0.2) is 26.3 Å². The Morgan fingerprint density at radius 2 is 0.957 bits per heavy atom. The maximum atomic E-state index is 12.6. The van der Waals surface area contributed by atoms with E-state index in [-0.39, 0.29) is 34.6 Å². The third kappa shape index (κ3) is 10.6. The van der Waals surface area contributed by atoms with Crippen LogP contribution in [-0.4, -0.2) is 41.7 Å². The molecule has 0 aliphatic carbocycles. The Balaban J connectivity index is 1.14. The molecule has 0 radical (unpaired) electrons. The molecule has 4 aromatic carbocycles. The van der Waals surface area contributed by atoms with Crippen molar-refractivity contribution >= 4 is 31.7 Å². The Labute approximate surface area is 275 Å². The van der Waals surface area contributed by atoms with Crippen LogP contribution < -0.4 is 30.4 Å². The highest BCUT2D eigenvalue weighted by Crippen LogP contribution is 2.18. The van der Waals surface area contributed by atoms with E-state index in [9.17, 15) is 16.8 Å². The molecule has 14 heteroatoms. The molecule has 0 unspecified atom stereocenters. The molecular formula is C33H38N6O6S2. The van der Waals surface area contributed by atoms with Crippen LogP contribution in [0.2, 0.25) is 0 Å². The molecule has 0 heterocycles. The van der Waals surface area contributed by atoms with Crippen LogP contribution in [-0.2, 0) is 33.1 Å². The van der Waals surface area contributed by atoms with Crippen LogP contribution in [0, 0.1) is 10.8 Å². The maximum Gasteiger partial charge on any atom is 0.240 e. The summed E-state index contributed by atoms with van der Waals surface area (Å²) < 4.78 is 67.5. The van der Waals surface area contributed by atoms with Crippen LogP contribution in [0.25, 0.3) is 0 Å². The van der Waals surface area contributed by atoms with E-state index in [1.807, 2.05) is 24.3 Å². The van der Waals surface area contributed by atoms with Crippen LogP contribution in [0.4, 0.5) is 0 Å². The van der Waals surface area contributed by atoms with E-state index in [2.05, 4.69) is 9.44 Å². The summed E-state index contributed by atoms with van der Waals surface area (Å²) in [5, 5.41) is 14.9. The van der Waals surface area contributed by atoms with Crippen molar-refractivity contribution in [3.63, 3.8) is 0 Å². The molecule has 248 valence electrons. The van der Waals surface area contributed by atoms with Gasteiger partial charge in [0.05, 0.1) is 23.0 Å². The number of hydrogen-bond acceptors (Lipinski definition) is 8. The van der Waals surface area contributed by atoms with E-state index in [1.165, 1.54) is 48.5 Å². The summed E-state index contributed by atoms with van der Waals surface area (Å²) in [5.74, 6) is 1.02. The van der Waals surface area contributed by atoms with E-state index < -0.39 is 20.0 Å². The van der Waals surface area contributed by atoms with E-state index >= 15 is 0 Å². The molecule has 4 rings (SSSR count). The van der Waals surface area contributed by atoms with Crippen molar-refractivity contribution in [1.82, 2.24) is 9.44 Å². The molecule has 8 N–H and O–H groups in total. The van der Waals surface area contributed by atoms with Crippen LogP contribution in [0.3, 0.4) is 0 Å². The minimum absolute atomic E-state index is 0.0875. The highest BCUT2D eigenvalue weighted by atomic mass is 32.2. The van der Waals surface area contributed by atoms with Gasteiger partial charge in [-0.1, -0.05) is 24.3 Å². The predicted molar refractivity (Wildman–Crippen MR) is 181 cm³/mol. The zero-order valence-electron chi connectivity index (χ0n) is 25.6. The normalized spacial score (nSPS) is 11.6. The molecular weight excluding hydrogens is 641 g/mol. The van der Waals surface area contributed by atoms with Gasteiger partial charge in [0, 0.05) is 24.2 Å². The number of benzene rings is 4. The van der Waals surface area contributed by atoms with Gasteiger partial charge in [-0.2, -0.15) is 0 Å². The van der Waals surface area contributed by atoms with Crippen molar-refractivity contribution in [3.8, 4) is 11.5 Å². The number of ether oxygens (including phenoxy) is 2. The van der Waals surface area contributed by atoms with Gasteiger partial charge in [-0.05, 0) is 103 Å². The fourth-order valence-electron chi connectivity index (χ4n) is 4.40. The molecule has 4 aromatic rings. The number of nitrogens with two attached hydrogens (primary N) is 2. The SMILES string of the molecule is N=C(N)c1ccc(S(=O)(=O)NCc2cccc(OCCCCCOc3cccc(CNS(=O)(=O)c4ccc(C(=N)N)cc4)c3)c2)cc1. The van der Waals surface area contributed by atoms with Gasteiger partial charge in [-0.15, -0.1) is 0 Å². The highest BCUT2D eigenvalue weighted by molar-refractivity contribution is 7.89. The first-order valence-corrected chi connectivity index (χ1v) is 17.7. The molecule has 0 aliphatic rings. The second kappa shape index (κ2) is 16.2. The maximum absolute atomic E-state index is 12.6. The molecule has 0 amide bonds. The smallest absolute Gasteiger partial charge is 0.240 e. The lowest BCUT2D eigenvalue weighted by atomic mass is 10.2. The van der Waals surface area contributed by atoms with Crippen LogP contribution >= 0.6 is 0 Å². The highest BCUT2D eigenvalue weighted by Gasteiger charge is 2.15. The molecule has 0 atom stereocenters. The lowest BCUT2D eigenvalue weighted by Gasteiger charge is -2.11. The van der Waals surface area contributed by atoms with E-state index in [4.69, 9.17) is 31.8 Å². The number of sulfonamides is 2. The summed E-state index contributed by atoms with van der Waals surface area (Å²) in [6.07, 6.45) is 2.46. The number of nitrogens with one attached hydrogen (secondary N) is 4. The van der Waals surface area contributed by atoms with Gasteiger partial charge >= 0.3 is 0 Å². The number of amidine groups is 2. The Kier molecular flexibility index (Phi) is 12.1. The Bertz CT molecular complexity index is 1760. The third-order valence-electron chi connectivity index (χ3n) is 7.01. The monoisotopic (exact) mass is 678 g/mol. The molecule has 0 saturated heterocycles. The molecule has 0 aromatic heterocycles. The van der Waals surface area contributed by atoms with Crippen molar-refractivity contribution in [1.29, 1.82) is 10.8 Å². The summed E-state index contributed by atoms with van der Waals surface area (Å²) in [7, 11) is -7.48. The largest absolute Gasteiger partial charge is 0.494 e. The van der Waals surface area contributed by atoms with Crippen molar-refractivity contribution in [3.05, 3.63) is 119 Å². The van der Waals surface area contributed by atoms with E-state index in [1.54, 1.807) is 24.3 Å². The van der Waals surface area contributed by atoms with Crippen molar-refractivity contribution < 1.29 is 26.3 Å². The van der Waals surface area contributed by atoms with Crippen LogP contribution in [0.15, 0.2) is 107 Å². The third-order valence-corrected chi connectivity index (χ3v) is 9.84. The number of rotatable bonds is 18.